The Labute approximate surface area is 341 Å². The third kappa shape index (κ3) is 40.1. The summed E-state index contributed by atoms with van der Waals surface area (Å²) in [5, 5.41) is 8.90. The number of unbranched alkanes of at least 4 members (excludes halogenated alkanes) is 20. The summed E-state index contributed by atoms with van der Waals surface area (Å²) < 4.78 is 33.4. The number of ether oxygens (including phenoxy) is 2. The fourth-order valence-electron chi connectivity index (χ4n) is 5.83. The van der Waals surface area contributed by atoms with E-state index >= 15 is 0 Å². The quantitative estimate of drug-likeness (QED) is 0.0235. The van der Waals surface area contributed by atoms with Gasteiger partial charge in [-0.2, -0.15) is 0 Å². The van der Waals surface area contributed by atoms with Crippen molar-refractivity contribution in [3.63, 3.8) is 0 Å². The first-order chi connectivity index (χ1) is 27.2. The molecule has 326 valence electrons. The van der Waals surface area contributed by atoms with Crippen LogP contribution in [-0.4, -0.2) is 60.5 Å². The third-order valence-corrected chi connectivity index (χ3v) is 10.3. The van der Waals surface area contributed by atoms with E-state index in [0.717, 1.165) is 64.2 Å². The van der Waals surface area contributed by atoms with Gasteiger partial charge in [-0.15, -0.1) is 0 Å². The number of hydrogen-bond donors (Lipinski definition) is 3. The SMILES string of the molecule is CCCC/C=C\C/C=C\CCCCCCCCOCC(COP(=O)(O)OCC(N)C(=O)O)OC(=O)CCCCCCCCCCC/C=C\C/C=C\CCCCC. The zero-order chi connectivity index (χ0) is 41.2. The van der Waals surface area contributed by atoms with Gasteiger partial charge in [0.25, 0.3) is 0 Å². The molecule has 0 aromatic heterocycles. The summed E-state index contributed by atoms with van der Waals surface area (Å²) >= 11 is 0. The minimum absolute atomic E-state index is 0.00727. The van der Waals surface area contributed by atoms with Crippen molar-refractivity contribution in [2.24, 2.45) is 5.73 Å². The molecule has 0 rings (SSSR count). The number of carbonyl (C=O) groups is 2. The normalized spacial score (nSPS) is 14.4. The molecule has 0 saturated carbocycles. The zero-order valence-corrected chi connectivity index (χ0v) is 36.4. The van der Waals surface area contributed by atoms with E-state index in [1.165, 1.54) is 96.3 Å². The average molecular weight is 812 g/mol. The second kappa shape index (κ2) is 41.1. The van der Waals surface area contributed by atoms with Crippen molar-refractivity contribution in [3.8, 4) is 0 Å². The maximum Gasteiger partial charge on any atom is 0.472 e. The highest BCUT2D eigenvalue weighted by Crippen LogP contribution is 2.43. The van der Waals surface area contributed by atoms with Crippen LogP contribution in [0.4, 0.5) is 0 Å². The fraction of sp³-hybridized carbons (Fsp3) is 0.778. The molecule has 0 spiro atoms. The van der Waals surface area contributed by atoms with Crippen molar-refractivity contribution in [1.82, 2.24) is 0 Å². The van der Waals surface area contributed by atoms with Gasteiger partial charge >= 0.3 is 19.8 Å². The molecule has 11 heteroatoms. The lowest BCUT2D eigenvalue weighted by molar-refractivity contribution is -0.154. The summed E-state index contributed by atoms with van der Waals surface area (Å²) in [6, 6.07) is -1.48. The number of carboxylic acid groups (broad SMARTS) is 1. The minimum atomic E-state index is -4.62. The molecule has 0 heterocycles. The molecule has 56 heavy (non-hydrogen) atoms. The van der Waals surface area contributed by atoms with Gasteiger partial charge in [0.05, 0.1) is 19.8 Å². The largest absolute Gasteiger partial charge is 0.480 e. The van der Waals surface area contributed by atoms with Crippen molar-refractivity contribution in [2.75, 3.05) is 26.4 Å². The average Bonchev–Trinajstić information content (AvgIpc) is 3.18. The van der Waals surface area contributed by atoms with Crippen LogP contribution in [0.25, 0.3) is 0 Å². The molecular formula is C45H82NO9P. The van der Waals surface area contributed by atoms with Gasteiger partial charge in [-0.3, -0.25) is 18.6 Å². The Morgan fingerprint density at radius 2 is 1.00 bits per heavy atom. The number of rotatable bonds is 42. The van der Waals surface area contributed by atoms with E-state index in [1.54, 1.807) is 0 Å². The van der Waals surface area contributed by atoms with Gasteiger partial charge in [-0.1, -0.05) is 159 Å². The van der Waals surface area contributed by atoms with E-state index in [0.29, 0.717) is 13.0 Å². The van der Waals surface area contributed by atoms with Gasteiger partial charge in [0.1, 0.15) is 12.1 Å². The Hall–Kier alpha value is -2.07. The molecule has 4 N–H and O–H groups in total. The van der Waals surface area contributed by atoms with Crippen LogP contribution in [0.2, 0.25) is 0 Å². The van der Waals surface area contributed by atoms with Crippen molar-refractivity contribution in [1.29, 1.82) is 0 Å². The van der Waals surface area contributed by atoms with Gasteiger partial charge in [0.15, 0.2) is 0 Å². The highest BCUT2D eigenvalue weighted by molar-refractivity contribution is 7.47. The number of phosphoric ester groups is 1. The van der Waals surface area contributed by atoms with Crippen LogP contribution in [0.5, 0.6) is 0 Å². The summed E-state index contributed by atoms with van der Waals surface area (Å²) in [6.45, 7) is 3.79. The van der Waals surface area contributed by atoms with E-state index in [4.69, 9.17) is 29.4 Å². The van der Waals surface area contributed by atoms with Crippen LogP contribution in [0, 0.1) is 0 Å². The first kappa shape index (κ1) is 53.9. The summed E-state index contributed by atoms with van der Waals surface area (Å²) in [6.07, 6.45) is 47.2. The predicted molar refractivity (Wildman–Crippen MR) is 231 cm³/mol. The summed E-state index contributed by atoms with van der Waals surface area (Å²) in [5.41, 5.74) is 5.35. The highest BCUT2D eigenvalue weighted by Gasteiger charge is 2.27. The predicted octanol–water partition coefficient (Wildman–Crippen LogP) is 12.3. The van der Waals surface area contributed by atoms with Crippen molar-refractivity contribution < 1.29 is 42.7 Å². The Balaban J connectivity index is 4.24. The number of aliphatic carboxylic acids is 1. The number of carbonyl (C=O) groups excluding carboxylic acids is 1. The molecule has 0 aliphatic carbocycles. The van der Waals surface area contributed by atoms with Gasteiger partial charge in [-0.25, -0.2) is 4.57 Å². The molecule has 0 bridgehead atoms. The monoisotopic (exact) mass is 812 g/mol. The fourth-order valence-corrected chi connectivity index (χ4v) is 6.60. The second-order valence-corrected chi connectivity index (χ2v) is 16.3. The second-order valence-electron chi connectivity index (χ2n) is 14.8. The number of phosphoric acid groups is 1. The highest BCUT2D eigenvalue weighted by atomic mass is 31.2. The van der Waals surface area contributed by atoms with Crippen LogP contribution in [-0.2, 0) is 32.7 Å². The third-order valence-electron chi connectivity index (χ3n) is 9.33. The number of nitrogens with two attached hydrogens (primary N) is 1. The summed E-state index contributed by atoms with van der Waals surface area (Å²) in [4.78, 5) is 33.5. The molecule has 0 aromatic carbocycles. The maximum absolute atomic E-state index is 12.6. The number of esters is 1. The molecule has 10 nitrogen and oxygen atoms in total. The van der Waals surface area contributed by atoms with Crippen LogP contribution in [0.3, 0.4) is 0 Å². The minimum Gasteiger partial charge on any atom is -0.480 e. The molecule has 0 radical (unpaired) electrons. The standard InChI is InChI=1S/C45H82NO9P/c1-3-5-7-9-11-13-15-17-19-20-21-22-23-25-27-29-31-33-35-37-44(47)55-42(40-53-56(50,51)54-41-43(46)45(48)49)39-52-38-36-34-32-30-28-26-24-18-16-14-12-10-8-6-4-2/h10-13,16-19,42-43H,3-9,14-15,20-41,46H2,1-2H3,(H,48,49)(H,50,51)/b12-10-,13-11-,18-16-,19-17-. The molecule has 0 aliphatic rings. The van der Waals surface area contributed by atoms with Crippen molar-refractivity contribution >= 4 is 19.8 Å². The molecule has 0 saturated heterocycles. The molecule has 0 aliphatic heterocycles. The van der Waals surface area contributed by atoms with Gasteiger partial charge in [0.2, 0.25) is 0 Å². The van der Waals surface area contributed by atoms with Gasteiger partial charge in [-0.05, 0) is 70.6 Å². The number of allylic oxidation sites excluding steroid dienone is 8. The number of carboxylic acids is 1. The van der Waals surface area contributed by atoms with E-state index in [2.05, 4.69) is 62.5 Å². The molecular weight excluding hydrogens is 729 g/mol. The zero-order valence-electron chi connectivity index (χ0n) is 35.5. The lowest BCUT2D eigenvalue weighted by Gasteiger charge is -2.20. The lowest BCUT2D eigenvalue weighted by atomic mass is 10.1. The summed E-state index contributed by atoms with van der Waals surface area (Å²) in [5.74, 6) is -1.79. The lowest BCUT2D eigenvalue weighted by Crippen LogP contribution is -2.34. The van der Waals surface area contributed by atoms with Crippen LogP contribution in [0.1, 0.15) is 187 Å². The van der Waals surface area contributed by atoms with Gasteiger partial charge < -0.3 is 25.2 Å². The number of hydrogen-bond acceptors (Lipinski definition) is 8. The first-order valence-electron chi connectivity index (χ1n) is 22.2. The molecule has 3 unspecified atom stereocenters. The maximum atomic E-state index is 12.6. The van der Waals surface area contributed by atoms with E-state index < -0.39 is 45.1 Å². The Morgan fingerprint density at radius 1 is 0.571 bits per heavy atom. The first-order valence-corrected chi connectivity index (χ1v) is 23.7. The topological polar surface area (TPSA) is 155 Å². The molecule has 3 atom stereocenters. The summed E-state index contributed by atoms with van der Waals surface area (Å²) in [7, 11) is -4.62. The Morgan fingerprint density at radius 3 is 1.50 bits per heavy atom. The van der Waals surface area contributed by atoms with Crippen LogP contribution in [0.15, 0.2) is 48.6 Å². The van der Waals surface area contributed by atoms with E-state index in [-0.39, 0.29) is 13.0 Å². The smallest absolute Gasteiger partial charge is 0.472 e. The van der Waals surface area contributed by atoms with Crippen molar-refractivity contribution in [3.05, 3.63) is 48.6 Å². The van der Waals surface area contributed by atoms with Gasteiger partial charge in [0, 0.05) is 13.0 Å². The van der Waals surface area contributed by atoms with Crippen molar-refractivity contribution in [2.45, 2.75) is 199 Å². The Bertz CT molecular complexity index is 1080. The molecule has 0 fully saturated rings. The Kier molecular flexibility index (Phi) is 39.6. The molecule has 0 amide bonds. The van der Waals surface area contributed by atoms with Crippen LogP contribution < -0.4 is 5.73 Å². The van der Waals surface area contributed by atoms with Crippen LogP contribution >= 0.6 is 7.82 Å². The van der Waals surface area contributed by atoms with E-state index in [1.807, 2.05) is 0 Å². The molecule has 0 aromatic rings. The van der Waals surface area contributed by atoms with E-state index in [9.17, 15) is 19.0 Å².